The molecule has 83 heavy (non-hydrogen) atoms. The first-order valence-corrected chi connectivity index (χ1v) is 28.2. The Hall–Kier alpha value is -8.41. The Kier molecular flexibility index (Phi) is 23.3. The molecule has 0 radical (unpaired) electrons. The number of fused-ring (bicyclic) bond motifs is 2. The normalized spacial score (nSPS) is 14.8. The van der Waals surface area contributed by atoms with Crippen LogP contribution in [0, 0.1) is 23.2 Å². The number of unbranched alkanes of at least 4 members (excludes halogenated alkanes) is 1. The number of hydrogen-bond acceptors (Lipinski definition) is 10. The molecular weight excluding hydrogens is 1050 g/mol. The molecule has 444 valence electrons. The third-order valence-electron chi connectivity index (χ3n) is 14.9. The van der Waals surface area contributed by atoms with E-state index in [1.807, 2.05) is 109 Å². The number of carbonyl (C=O) groups excluding carboxylic acids is 7. The summed E-state index contributed by atoms with van der Waals surface area (Å²) in [6.45, 7) is 20.0. The summed E-state index contributed by atoms with van der Waals surface area (Å²) in [5.41, 5.74) is 4.46. The summed E-state index contributed by atoms with van der Waals surface area (Å²) >= 11 is 0. The highest BCUT2D eigenvalue weighted by molar-refractivity contribution is 6.00. The van der Waals surface area contributed by atoms with Crippen molar-refractivity contribution in [2.45, 2.75) is 145 Å². The summed E-state index contributed by atoms with van der Waals surface area (Å²) in [5.74, 6) is -4.58. The van der Waals surface area contributed by atoms with Gasteiger partial charge in [0.05, 0.1) is 24.2 Å². The Bertz CT molecular complexity index is 3070. The lowest BCUT2D eigenvalue weighted by atomic mass is 9.72. The Labute approximate surface area is 489 Å². The van der Waals surface area contributed by atoms with E-state index >= 15 is 0 Å². The minimum atomic E-state index is -1.09. The van der Waals surface area contributed by atoms with Crippen LogP contribution in [0.4, 0.5) is 21.9 Å². The zero-order chi connectivity index (χ0) is 61.3. The number of aliphatic carboxylic acids is 1. The maximum absolute atomic E-state index is 14.3. The van der Waals surface area contributed by atoms with Crippen LogP contribution >= 0.6 is 0 Å². The average Bonchev–Trinajstić information content (AvgIpc) is 3.27. The van der Waals surface area contributed by atoms with Crippen LogP contribution in [0.5, 0.6) is 0 Å². The highest BCUT2D eigenvalue weighted by Crippen LogP contribution is 2.35. The van der Waals surface area contributed by atoms with Crippen LogP contribution in [0.3, 0.4) is 0 Å². The Balaban J connectivity index is 1.09. The molecule has 0 spiro atoms. The minimum Gasteiger partial charge on any atom is -0.478 e. The van der Waals surface area contributed by atoms with Crippen molar-refractivity contribution in [3.8, 4) is 0 Å². The number of amides is 7. The van der Waals surface area contributed by atoms with E-state index in [9.17, 15) is 43.5 Å². The van der Waals surface area contributed by atoms with E-state index in [0.29, 0.717) is 41.9 Å². The van der Waals surface area contributed by atoms with Crippen molar-refractivity contribution in [1.29, 1.82) is 0 Å². The van der Waals surface area contributed by atoms with Crippen molar-refractivity contribution in [3.05, 3.63) is 137 Å². The van der Waals surface area contributed by atoms with E-state index in [4.69, 9.17) is 4.74 Å². The molecule has 1 aliphatic rings. The van der Waals surface area contributed by atoms with Crippen LogP contribution in [0.2, 0.25) is 0 Å². The SMILES string of the molecule is CN=C[C@@H](C(=O)N[C@H](C(=O)N(C)[C@H](/C=C(\C)C(=O)O)C(C)C)C(C)(C)C)C(C)(C)c1cccc(NC(=O)OCc2ccc(NC(=O)[C@H](C)NC(=O)[C@@H](NC(=O)CCCCC(=O)N3Cc4ccccc4/C=C\c4ccccc43)C(C)C)cc2)c1. The van der Waals surface area contributed by atoms with E-state index in [1.165, 1.54) is 18.0 Å². The number of carboxylic acids is 1. The zero-order valence-electron chi connectivity index (χ0n) is 50.3. The molecular formula is C65H84N8O10. The topological polar surface area (TPSA) is 245 Å². The van der Waals surface area contributed by atoms with Crippen LogP contribution in [-0.2, 0) is 56.9 Å². The number of benzene rings is 4. The summed E-state index contributed by atoms with van der Waals surface area (Å²) in [5, 5.41) is 23.6. The quantitative estimate of drug-likeness (QED) is 0.0220. The molecule has 7 amide bonds. The van der Waals surface area contributed by atoms with E-state index in [2.05, 4.69) is 37.7 Å². The summed E-state index contributed by atoms with van der Waals surface area (Å²) in [6.07, 6.45) is 7.69. The molecule has 4 aromatic carbocycles. The number of likely N-dealkylation sites (N-methyl/N-ethyl adjacent to an activating group) is 1. The van der Waals surface area contributed by atoms with Crippen LogP contribution in [0.1, 0.15) is 130 Å². The number of nitrogens with one attached hydrogen (secondary N) is 5. The largest absolute Gasteiger partial charge is 0.478 e. The van der Waals surface area contributed by atoms with Crippen LogP contribution in [0.15, 0.2) is 114 Å². The van der Waals surface area contributed by atoms with E-state index in [-0.39, 0.29) is 54.6 Å². The summed E-state index contributed by atoms with van der Waals surface area (Å²) in [7, 11) is 3.16. The first-order valence-electron chi connectivity index (χ1n) is 28.2. The van der Waals surface area contributed by atoms with Gasteiger partial charge in [-0.3, -0.25) is 39.1 Å². The lowest BCUT2D eigenvalue weighted by molar-refractivity contribution is -0.141. The molecule has 6 N–H and O–H groups in total. The molecule has 1 aliphatic heterocycles. The number of aliphatic imine (C=N–C) groups is 1. The van der Waals surface area contributed by atoms with Gasteiger partial charge < -0.3 is 40.9 Å². The molecule has 1 heterocycles. The van der Waals surface area contributed by atoms with Gasteiger partial charge in [0, 0.05) is 55.5 Å². The highest BCUT2D eigenvalue weighted by Gasteiger charge is 2.42. The first-order chi connectivity index (χ1) is 39.1. The number of carboxylic acid groups (broad SMARTS) is 1. The molecule has 5 rings (SSSR count). The molecule has 18 nitrogen and oxygen atoms in total. The van der Waals surface area contributed by atoms with E-state index < -0.39 is 70.7 Å². The Morgan fingerprint density at radius 2 is 1.36 bits per heavy atom. The summed E-state index contributed by atoms with van der Waals surface area (Å²) < 4.78 is 5.54. The smallest absolute Gasteiger partial charge is 0.411 e. The number of rotatable bonds is 24. The molecule has 0 aromatic heterocycles. The number of para-hydroxylation sites is 1. The lowest BCUT2D eigenvalue weighted by Crippen LogP contribution is -2.58. The maximum Gasteiger partial charge on any atom is 0.411 e. The van der Waals surface area contributed by atoms with Gasteiger partial charge in [-0.05, 0) is 102 Å². The minimum absolute atomic E-state index is 0.0442. The van der Waals surface area contributed by atoms with Crippen molar-refractivity contribution in [1.82, 2.24) is 20.9 Å². The average molecular weight is 1140 g/mol. The second-order valence-corrected chi connectivity index (χ2v) is 23.5. The number of hydrogen-bond donors (Lipinski definition) is 6. The fraction of sp³-hybridized carbons (Fsp3) is 0.431. The summed E-state index contributed by atoms with van der Waals surface area (Å²) in [4.78, 5) is 114. The standard InChI is InChI=1S/C65H84N8O10/c1-40(2)53(35-42(5)62(80)81)72(13)61(79)57(64(7,8)9)71-59(77)51(37-66-12)65(10,11)48-24-20-25-50(36-48)69-63(82)83-39-44-29-33-49(34-30-44)68-58(76)43(6)67-60(78)56(41(3)4)70-54(74)27-18-19-28-55(75)73-38-47-23-15-14-21-45(47)31-32-46-22-16-17-26-52(46)73/h14-17,20-26,29-37,40-41,43,51,53,56-57H,18-19,27-28,38-39H2,1-13H3,(H,67,78)(H,68,76)(H,69,82)(H,70,74)(H,71,77)(H,80,81)/b32-31-,42-35+,66-37?/t43-,51-,53+,56-,57+/m0/s1. The van der Waals surface area contributed by atoms with Crippen molar-refractivity contribution in [2.75, 3.05) is 29.6 Å². The second kappa shape index (κ2) is 29.5. The molecule has 0 saturated heterocycles. The number of nitrogens with zero attached hydrogens (tertiary/aromatic N) is 3. The van der Waals surface area contributed by atoms with Gasteiger partial charge in [-0.2, -0.15) is 0 Å². The Morgan fingerprint density at radius 3 is 2.00 bits per heavy atom. The van der Waals surface area contributed by atoms with Crippen molar-refractivity contribution < 1.29 is 48.2 Å². The monoisotopic (exact) mass is 1140 g/mol. The van der Waals surface area contributed by atoms with Crippen LogP contribution < -0.4 is 31.5 Å². The molecule has 0 aliphatic carbocycles. The highest BCUT2D eigenvalue weighted by atomic mass is 16.5. The van der Waals surface area contributed by atoms with Gasteiger partial charge in [-0.1, -0.05) is 147 Å². The van der Waals surface area contributed by atoms with Gasteiger partial charge in [0.25, 0.3) is 0 Å². The molecule has 0 fully saturated rings. The first kappa shape index (κ1) is 65.4. The van der Waals surface area contributed by atoms with Gasteiger partial charge in [-0.15, -0.1) is 0 Å². The third-order valence-corrected chi connectivity index (χ3v) is 14.9. The van der Waals surface area contributed by atoms with Gasteiger partial charge in [0.2, 0.25) is 35.4 Å². The van der Waals surface area contributed by atoms with Crippen molar-refractivity contribution in [3.63, 3.8) is 0 Å². The van der Waals surface area contributed by atoms with Gasteiger partial charge in [-0.25, -0.2) is 9.59 Å². The number of ether oxygens (including phenoxy) is 1. The van der Waals surface area contributed by atoms with Gasteiger partial charge in [0.15, 0.2) is 0 Å². The summed E-state index contributed by atoms with van der Waals surface area (Å²) in [6, 6.07) is 26.0. The van der Waals surface area contributed by atoms with Gasteiger partial charge in [0.1, 0.15) is 24.7 Å². The number of carbonyl (C=O) groups is 8. The van der Waals surface area contributed by atoms with Crippen LogP contribution in [-0.4, -0.2) is 102 Å². The third kappa shape index (κ3) is 18.3. The molecule has 0 saturated carbocycles. The molecule has 0 unspecified atom stereocenters. The predicted molar refractivity (Wildman–Crippen MR) is 326 cm³/mol. The fourth-order valence-corrected chi connectivity index (χ4v) is 9.67. The maximum atomic E-state index is 14.3. The lowest BCUT2D eigenvalue weighted by Gasteiger charge is -2.39. The zero-order valence-corrected chi connectivity index (χ0v) is 50.3. The second-order valence-electron chi connectivity index (χ2n) is 23.5. The Morgan fingerprint density at radius 1 is 0.723 bits per heavy atom. The predicted octanol–water partition coefficient (Wildman–Crippen LogP) is 9.94. The van der Waals surface area contributed by atoms with Crippen LogP contribution in [0.25, 0.3) is 12.2 Å². The van der Waals surface area contributed by atoms with Crippen molar-refractivity contribution in [2.24, 2.45) is 28.2 Å². The van der Waals surface area contributed by atoms with E-state index in [0.717, 1.165) is 22.4 Å². The van der Waals surface area contributed by atoms with Crippen molar-refractivity contribution >= 4 is 82.9 Å². The molecule has 5 atom stereocenters. The number of anilines is 3. The molecule has 4 aromatic rings. The van der Waals surface area contributed by atoms with E-state index in [1.54, 1.807) is 88.3 Å². The molecule has 0 bridgehead atoms. The van der Waals surface area contributed by atoms with Gasteiger partial charge >= 0.3 is 12.1 Å². The fourth-order valence-electron chi connectivity index (χ4n) is 9.67. The molecule has 18 heteroatoms.